The van der Waals surface area contributed by atoms with Gasteiger partial charge in [-0.15, -0.1) is 11.8 Å². The zero-order valence-electron chi connectivity index (χ0n) is 10.7. The summed E-state index contributed by atoms with van der Waals surface area (Å²) in [5, 5.41) is 3.38. The molecule has 2 aromatic carbocycles. The van der Waals surface area contributed by atoms with E-state index in [0.717, 1.165) is 38.5 Å². The predicted octanol–water partition coefficient (Wildman–Crippen LogP) is 5.73. The molecule has 0 aliphatic carbocycles. The van der Waals surface area contributed by atoms with Crippen LogP contribution in [0.5, 0.6) is 0 Å². The smallest absolute Gasteiger partial charge is 0.376 e. The van der Waals surface area contributed by atoms with E-state index in [1.165, 1.54) is 0 Å². The molecular formula is C15H11BrF3NS. The average Bonchev–Trinajstić information content (AvgIpc) is 2.45. The Balaban J connectivity index is 1.83. The van der Waals surface area contributed by atoms with E-state index in [0.29, 0.717) is 0 Å². The largest absolute Gasteiger partial charge is 0.416 e. The molecule has 1 N–H and O–H groups in total. The lowest BCUT2D eigenvalue weighted by molar-refractivity contribution is -0.137. The maximum atomic E-state index is 12.6. The topological polar surface area (TPSA) is 12.0 Å². The van der Waals surface area contributed by atoms with Gasteiger partial charge in [-0.1, -0.05) is 28.1 Å². The van der Waals surface area contributed by atoms with E-state index in [1.54, 1.807) is 23.9 Å². The van der Waals surface area contributed by atoms with E-state index in [2.05, 4.69) is 21.2 Å². The summed E-state index contributed by atoms with van der Waals surface area (Å²) in [5.74, 6) is 0.792. The minimum atomic E-state index is -4.29. The van der Waals surface area contributed by atoms with Crippen LogP contribution < -0.4 is 5.32 Å². The van der Waals surface area contributed by atoms with Crippen molar-refractivity contribution in [1.29, 1.82) is 0 Å². The zero-order chi connectivity index (χ0) is 15.0. The normalized spacial score (nSPS) is 18.0. The molecule has 0 aromatic heterocycles. The molecule has 0 amide bonds. The summed E-state index contributed by atoms with van der Waals surface area (Å²) < 4.78 is 38.7. The number of nitrogens with one attached hydrogen (secondary N) is 1. The van der Waals surface area contributed by atoms with Gasteiger partial charge in [0.1, 0.15) is 0 Å². The van der Waals surface area contributed by atoms with E-state index in [1.807, 2.05) is 18.2 Å². The molecule has 110 valence electrons. The van der Waals surface area contributed by atoms with Crippen molar-refractivity contribution in [3.63, 3.8) is 0 Å². The lowest BCUT2D eigenvalue weighted by Crippen LogP contribution is -2.18. The molecule has 0 radical (unpaired) electrons. The molecular weight excluding hydrogens is 363 g/mol. The lowest BCUT2D eigenvalue weighted by Gasteiger charge is -2.27. The number of benzene rings is 2. The number of anilines is 1. The van der Waals surface area contributed by atoms with Gasteiger partial charge in [0.15, 0.2) is 0 Å². The van der Waals surface area contributed by atoms with Crippen LogP contribution >= 0.6 is 27.7 Å². The van der Waals surface area contributed by atoms with Crippen molar-refractivity contribution < 1.29 is 13.2 Å². The van der Waals surface area contributed by atoms with Gasteiger partial charge < -0.3 is 5.32 Å². The van der Waals surface area contributed by atoms with Crippen molar-refractivity contribution in [3.8, 4) is 0 Å². The Morgan fingerprint density at radius 2 is 1.81 bits per heavy atom. The zero-order valence-corrected chi connectivity index (χ0v) is 13.1. The Bertz CT molecular complexity index is 655. The third kappa shape index (κ3) is 3.21. The highest BCUT2D eigenvalue weighted by atomic mass is 79.9. The Kier molecular flexibility index (Phi) is 3.92. The van der Waals surface area contributed by atoms with Crippen molar-refractivity contribution >= 4 is 33.4 Å². The van der Waals surface area contributed by atoms with Gasteiger partial charge in [0.05, 0.1) is 11.6 Å². The molecule has 1 atom stereocenters. The van der Waals surface area contributed by atoms with Crippen LogP contribution in [0.3, 0.4) is 0 Å². The van der Waals surface area contributed by atoms with Gasteiger partial charge in [-0.05, 0) is 35.9 Å². The lowest BCUT2D eigenvalue weighted by atomic mass is 10.1. The third-order valence-electron chi connectivity index (χ3n) is 3.32. The van der Waals surface area contributed by atoms with Crippen molar-refractivity contribution in [2.75, 3.05) is 11.1 Å². The van der Waals surface area contributed by atoms with Gasteiger partial charge >= 0.3 is 6.18 Å². The number of hydrogen-bond acceptors (Lipinski definition) is 2. The molecule has 0 bridgehead atoms. The molecule has 1 aliphatic rings. The van der Waals surface area contributed by atoms with E-state index >= 15 is 0 Å². The highest BCUT2D eigenvalue weighted by Crippen LogP contribution is 2.40. The SMILES string of the molecule is FC(F)(F)c1ccc(C2CSc3ccc(Br)cc3N2)cc1. The van der Waals surface area contributed by atoms with Crippen LogP contribution in [0.4, 0.5) is 18.9 Å². The summed E-state index contributed by atoms with van der Waals surface area (Å²) >= 11 is 5.13. The number of rotatable bonds is 1. The van der Waals surface area contributed by atoms with E-state index in [4.69, 9.17) is 0 Å². The minimum Gasteiger partial charge on any atom is -0.376 e. The maximum Gasteiger partial charge on any atom is 0.416 e. The fourth-order valence-electron chi connectivity index (χ4n) is 2.23. The number of halogens is 4. The average molecular weight is 374 g/mol. The number of fused-ring (bicyclic) bond motifs is 1. The first kappa shape index (κ1) is 14.8. The van der Waals surface area contributed by atoms with Crippen LogP contribution in [-0.2, 0) is 6.18 Å². The van der Waals surface area contributed by atoms with Gasteiger partial charge in [-0.2, -0.15) is 13.2 Å². The molecule has 1 nitrogen and oxygen atoms in total. The first-order valence-electron chi connectivity index (χ1n) is 6.29. The molecule has 0 fully saturated rings. The Morgan fingerprint density at radius 3 is 2.48 bits per heavy atom. The van der Waals surface area contributed by atoms with Gasteiger partial charge in [-0.25, -0.2) is 0 Å². The molecule has 0 saturated carbocycles. The van der Waals surface area contributed by atoms with E-state index in [9.17, 15) is 13.2 Å². The standard InChI is InChI=1S/C15H11BrF3NS/c16-11-5-6-14-12(7-11)20-13(8-21-14)9-1-3-10(4-2-9)15(17,18)19/h1-7,13,20H,8H2. The second-order valence-electron chi connectivity index (χ2n) is 4.77. The van der Waals surface area contributed by atoms with Crippen LogP contribution in [0.1, 0.15) is 17.2 Å². The van der Waals surface area contributed by atoms with Gasteiger partial charge in [0, 0.05) is 20.8 Å². The fourth-order valence-corrected chi connectivity index (χ4v) is 3.65. The Hall–Kier alpha value is -1.14. The second kappa shape index (κ2) is 5.57. The highest BCUT2D eigenvalue weighted by Gasteiger charge is 2.30. The molecule has 6 heteroatoms. The third-order valence-corrected chi connectivity index (χ3v) is 4.98. The number of alkyl halides is 3. The van der Waals surface area contributed by atoms with Crippen molar-refractivity contribution in [1.82, 2.24) is 0 Å². The van der Waals surface area contributed by atoms with E-state index < -0.39 is 11.7 Å². The Labute approximate surface area is 133 Å². The fraction of sp³-hybridized carbons (Fsp3) is 0.200. The highest BCUT2D eigenvalue weighted by molar-refractivity contribution is 9.10. The van der Waals surface area contributed by atoms with E-state index in [-0.39, 0.29) is 6.04 Å². The number of thioether (sulfide) groups is 1. The summed E-state index contributed by atoms with van der Waals surface area (Å²) in [6.45, 7) is 0. The van der Waals surface area contributed by atoms with Crippen molar-refractivity contribution in [2.45, 2.75) is 17.1 Å². The van der Waals surface area contributed by atoms with Gasteiger partial charge in [0.25, 0.3) is 0 Å². The first-order chi connectivity index (χ1) is 9.93. The molecule has 0 saturated heterocycles. The van der Waals surface area contributed by atoms with Crippen molar-refractivity contribution in [3.05, 3.63) is 58.1 Å². The summed E-state index contributed by atoms with van der Waals surface area (Å²) in [5.41, 5.74) is 1.25. The number of hydrogen-bond donors (Lipinski definition) is 1. The molecule has 1 aliphatic heterocycles. The van der Waals surface area contributed by atoms with Crippen LogP contribution in [0.2, 0.25) is 0 Å². The molecule has 21 heavy (non-hydrogen) atoms. The van der Waals surface area contributed by atoms with Gasteiger partial charge in [-0.3, -0.25) is 0 Å². The maximum absolute atomic E-state index is 12.6. The predicted molar refractivity (Wildman–Crippen MR) is 82.7 cm³/mol. The van der Waals surface area contributed by atoms with Crippen LogP contribution in [0.25, 0.3) is 0 Å². The monoisotopic (exact) mass is 373 g/mol. The van der Waals surface area contributed by atoms with Crippen molar-refractivity contribution in [2.24, 2.45) is 0 Å². The van der Waals surface area contributed by atoms with Crippen LogP contribution in [0.15, 0.2) is 51.8 Å². The quantitative estimate of drug-likeness (QED) is 0.685. The molecule has 3 rings (SSSR count). The molecule has 1 unspecified atom stereocenters. The summed E-state index contributed by atoms with van der Waals surface area (Å²) in [6.07, 6.45) is -4.29. The van der Waals surface area contributed by atoms with Crippen LogP contribution in [0, 0.1) is 0 Å². The summed E-state index contributed by atoms with van der Waals surface area (Å²) in [7, 11) is 0. The second-order valence-corrected chi connectivity index (χ2v) is 6.75. The summed E-state index contributed by atoms with van der Waals surface area (Å²) in [6, 6.07) is 11.4. The molecule has 2 aromatic rings. The minimum absolute atomic E-state index is 0.0130. The summed E-state index contributed by atoms with van der Waals surface area (Å²) in [4.78, 5) is 1.15. The van der Waals surface area contributed by atoms with Crippen LogP contribution in [-0.4, -0.2) is 5.75 Å². The Morgan fingerprint density at radius 1 is 1.10 bits per heavy atom. The molecule has 0 spiro atoms. The molecule has 1 heterocycles. The first-order valence-corrected chi connectivity index (χ1v) is 8.07. The van der Waals surface area contributed by atoms with Gasteiger partial charge in [0.2, 0.25) is 0 Å².